The van der Waals surface area contributed by atoms with Crippen LogP contribution in [0.2, 0.25) is 0 Å². The number of esters is 1. The molecule has 5 nitrogen and oxygen atoms in total. The predicted octanol–water partition coefficient (Wildman–Crippen LogP) is 1.45. The minimum Gasteiger partial charge on any atom is -0.462 e. The van der Waals surface area contributed by atoms with Crippen molar-refractivity contribution in [3.8, 4) is 0 Å². The van der Waals surface area contributed by atoms with Gasteiger partial charge in [-0.25, -0.2) is 14.2 Å². The zero-order valence-corrected chi connectivity index (χ0v) is 12.0. The van der Waals surface area contributed by atoms with Crippen molar-refractivity contribution in [3.63, 3.8) is 0 Å². The Hall–Kier alpha value is -1.57. The van der Waals surface area contributed by atoms with Crippen molar-refractivity contribution in [1.82, 2.24) is 10.9 Å². The van der Waals surface area contributed by atoms with Crippen molar-refractivity contribution in [2.24, 2.45) is 5.92 Å². The summed E-state index contributed by atoms with van der Waals surface area (Å²) in [6.45, 7) is 1.38. The van der Waals surface area contributed by atoms with Gasteiger partial charge in [0, 0.05) is 24.9 Å². The zero-order chi connectivity index (χ0) is 15.5. The van der Waals surface area contributed by atoms with E-state index in [1.54, 1.807) is 0 Å². The van der Waals surface area contributed by atoms with Gasteiger partial charge in [-0.1, -0.05) is 6.07 Å². The van der Waals surface area contributed by atoms with Gasteiger partial charge in [0.05, 0.1) is 25.2 Å². The van der Waals surface area contributed by atoms with E-state index in [-0.39, 0.29) is 18.2 Å². The molecule has 2 N–H and O–H groups in total. The van der Waals surface area contributed by atoms with Gasteiger partial charge >= 0.3 is 5.97 Å². The molecule has 0 radical (unpaired) electrons. The number of halogens is 2. The Morgan fingerprint density at radius 1 is 1.23 bits per heavy atom. The molecule has 3 rings (SSSR count). The van der Waals surface area contributed by atoms with Crippen molar-refractivity contribution in [1.29, 1.82) is 0 Å². The second kappa shape index (κ2) is 6.68. The summed E-state index contributed by atoms with van der Waals surface area (Å²) in [5.41, 5.74) is 5.41. The molecular formula is C15H18F2N2O3. The monoisotopic (exact) mass is 312 g/mol. The topological polar surface area (TPSA) is 59.6 Å². The minimum atomic E-state index is -0.784. The SMILES string of the molecule is O=C(OC1CCOCC1)C1CNNC1c1c(F)cccc1F. The highest BCUT2D eigenvalue weighted by atomic mass is 19.1. The van der Waals surface area contributed by atoms with Crippen LogP contribution in [-0.4, -0.2) is 31.8 Å². The summed E-state index contributed by atoms with van der Waals surface area (Å²) >= 11 is 0. The fourth-order valence-corrected chi connectivity index (χ4v) is 2.84. The van der Waals surface area contributed by atoms with E-state index in [1.807, 2.05) is 0 Å². The van der Waals surface area contributed by atoms with Crippen molar-refractivity contribution in [2.75, 3.05) is 19.8 Å². The molecule has 2 atom stereocenters. The summed E-state index contributed by atoms with van der Waals surface area (Å²) in [6.07, 6.45) is 1.11. The smallest absolute Gasteiger partial charge is 0.312 e. The first-order valence-electron chi connectivity index (χ1n) is 7.37. The van der Waals surface area contributed by atoms with E-state index in [0.29, 0.717) is 26.1 Å². The molecule has 2 saturated heterocycles. The van der Waals surface area contributed by atoms with E-state index in [2.05, 4.69) is 10.9 Å². The Balaban J connectivity index is 1.73. The molecule has 0 spiro atoms. The highest BCUT2D eigenvalue weighted by Gasteiger charge is 2.39. The lowest BCUT2D eigenvalue weighted by atomic mass is 9.94. The van der Waals surface area contributed by atoms with Gasteiger partial charge in [-0.05, 0) is 12.1 Å². The highest BCUT2D eigenvalue weighted by Crippen LogP contribution is 2.30. The largest absolute Gasteiger partial charge is 0.462 e. The maximum Gasteiger partial charge on any atom is 0.312 e. The molecule has 1 aromatic carbocycles. The summed E-state index contributed by atoms with van der Waals surface area (Å²) in [7, 11) is 0. The Morgan fingerprint density at radius 3 is 2.59 bits per heavy atom. The lowest BCUT2D eigenvalue weighted by Gasteiger charge is -2.25. The number of nitrogens with one attached hydrogen (secondary N) is 2. The zero-order valence-electron chi connectivity index (χ0n) is 12.0. The molecule has 2 aliphatic rings. The molecule has 0 aliphatic carbocycles. The van der Waals surface area contributed by atoms with Crippen LogP contribution in [0, 0.1) is 17.6 Å². The van der Waals surface area contributed by atoms with E-state index in [9.17, 15) is 13.6 Å². The van der Waals surface area contributed by atoms with Gasteiger partial charge in [0.15, 0.2) is 0 Å². The number of hydrazine groups is 1. The summed E-state index contributed by atoms with van der Waals surface area (Å²) in [5.74, 6) is -2.47. The fourth-order valence-electron chi connectivity index (χ4n) is 2.84. The first-order chi connectivity index (χ1) is 10.7. The van der Waals surface area contributed by atoms with E-state index in [1.165, 1.54) is 18.2 Å². The van der Waals surface area contributed by atoms with Gasteiger partial charge in [-0.3, -0.25) is 10.2 Å². The van der Waals surface area contributed by atoms with Crippen LogP contribution in [0.1, 0.15) is 24.4 Å². The lowest BCUT2D eigenvalue weighted by molar-refractivity contribution is -0.158. The molecule has 1 aromatic rings. The van der Waals surface area contributed by atoms with Gasteiger partial charge in [0.25, 0.3) is 0 Å². The summed E-state index contributed by atoms with van der Waals surface area (Å²) in [5, 5.41) is 0. The third-order valence-corrected chi connectivity index (χ3v) is 4.05. The van der Waals surface area contributed by atoms with Crippen molar-refractivity contribution in [2.45, 2.75) is 25.0 Å². The van der Waals surface area contributed by atoms with Gasteiger partial charge in [0.2, 0.25) is 0 Å². The predicted molar refractivity (Wildman–Crippen MR) is 73.7 cm³/mol. The Bertz CT molecular complexity index is 529. The summed E-state index contributed by atoms with van der Waals surface area (Å²) in [6, 6.07) is 2.87. The van der Waals surface area contributed by atoms with Crippen LogP contribution >= 0.6 is 0 Å². The number of hydrogen-bond donors (Lipinski definition) is 2. The maximum atomic E-state index is 13.9. The van der Waals surface area contributed by atoms with Crippen molar-refractivity contribution >= 4 is 5.97 Å². The highest BCUT2D eigenvalue weighted by molar-refractivity contribution is 5.74. The summed E-state index contributed by atoms with van der Waals surface area (Å²) in [4.78, 5) is 12.3. The normalized spacial score (nSPS) is 26.1. The van der Waals surface area contributed by atoms with Gasteiger partial charge < -0.3 is 9.47 Å². The molecule has 0 amide bonds. The van der Waals surface area contributed by atoms with Gasteiger partial charge in [0.1, 0.15) is 17.7 Å². The standard InChI is InChI=1S/C15H18F2N2O3/c16-11-2-1-3-12(17)13(11)14-10(8-18-19-14)15(20)22-9-4-6-21-7-5-9/h1-3,9-10,14,18-19H,4-8H2. The number of rotatable bonds is 3. The second-order valence-corrected chi connectivity index (χ2v) is 5.49. The van der Waals surface area contributed by atoms with Crippen LogP contribution < -0.4 is 10.9 Å². The van der Waals surface area contributed by atoms with E-state index < -0.39 is 29.6 Å². The third-order valence-electron chi connectivity index (χ3n) is 4.05. The molecule has 2 heterocycles. The van der Waals surface area contributed by atoms with Crippen LogP contribution in [0.15, 0.2) is 18.2 Å². The van der Waals surface area contributed by atoms with Crippen LogP contribution in [0.5, 0.6) is 0 Å². The summed E-state index contributed by atoms with van der Waals surface area (Å²) < 4.78 is 38.5. The van der Waals surface area contributed by atoms with E-state index in [4.69, 9.17) is 9.47 Å². The van der Waals surface area contributed by atoms with Crippen LogP contribution in [0.25, 0.3) is 0 Å². The molecule has 22 heavy (non-hydrogen) atoms. The van der Waals surface area contributed by atoms with Gasteiger partial charge in [-0.2, -0.15) is 0 Å². The van der Waals surface area contributed by atoms with Crippen LogP contribution in [0.4, 0.5) is 8.78 Å². The Morgan fingerprint density at radius 2 is 1.91 bits per heavy atom. The number of benzene rings is 1. The first-order valence-corrected chi connectivity index (χ1v) is 7.37. The van der Waals surface area contributed by atoms with Gasteiger partial charge in [-0.15, -0.1) is 0 Å². The lowest BCUT2D eigenvalue weighted by Crippen LogP contribution is -2.33. The molecule has 2 fully saturated rings. The van der Waals surface area contributed by atoms with E-state index >= 15 is 0 Å². The Kier molecular flexibility index (Phi) is 4.66. The average molecular weight is 312 g/mol. The molecule has 0 bridgehead atoms. The minimum absolute atomic E-state index is 0.138. The average Bonchev–Trinajstić information content (AvgIpc) is 2.97. The van der Waals surface area contributed by atoms with Crippen LogP contribution in [0.3, 0.4) is 0 Å². The van der Waals surface area contributed by atoms with E-state index in [0.717, 1.165) is 0 Å². The molecule has 2 unspecified atom stereocenters. The quantitative estimate of drug-likeness (QED) is 0.828. The Labute approximate surface area is 126 Å². The number of ether oxygens (including phenoxy) is 2. The second-order valence-electron chi connectivity index (χ2n) is 5.49. The molecule has 7 heteroatoms. The van der Waals surface area contributed by atoms with Crippen molar-refractivity contribution in [3.05, 3.63) is 35.4 Å². The molecule has 2 aliphatic heterocycles. The molecule has 120 valence electrons. The maximum absolute atomic E-state index is 13.9. The number of carbonyl (C=O) groups excluding carboxylic acids is 1. The number of carbonyl (C=O) groups is 1. The molecule has 0 saturated carbocycles. The molecule has 0 aromatic heterocycles. The van der Waals surface area contributed by atoms with Crippen LogP contribution in [-0.2, 0) is 14.3 Å². The van der Waals surface area contributed by atoms with Crippen molar-refractivity contribution < 1.29 is 23.0 Å². The number of hydrogen-bond acceptors (Lipinski definition) is 5. The third kappa shape index (κ3) is 3.11. The fraction of sp³-hybridized carbons (Fsp3) is 0.533. The molecular weight excluding hydrogens is 294 g/mol. The first kappa shape index (κ1) is 15.3.